The van der Waals surface area contributed by atoms with E-state index >= 15 is 0 Å². The number of halogens is 1. The van der Waals surface area contributed by atoms with Crippen molar-refractivity contribution in [1.82, 2.24) is 14.7 Å². The van der Waals surface area contributed by atoms with Gasteiger partial charge in [-0.2, -0.15) is 5.10 Å². The number of hydrogen-bond donors (Lipinski definition) is 2. The summed E-state index contributed by atoms with van der Waals surface area (Å²) >= 11 is 6.22. The lowest BCUT2D eigenvalue weighted by molar-refractivity contribution is -0.139. The molecule has 2 amide bonds. The number of para-hydroxylation sites is 1. The smallest absolute Gasteiger partial charge is 0.251 e. The normalized spacial score (nSPS) is 15.6. The molecule has 1 unspecified atom stereocenters. The minimum Gasteiger partial charge on any atom is -0.458 e. The van der Waals surface area contributed by atoms with Crippen LogP contribution < -0.4 is 10.1 Å². The van der Waals surface area contributed by atoms with Crippen molar-refractivity contribution in [3.8, 4) is 5.75 Å². The van der Waals surface area contributed by atoms with E-state index in [1.165, 1.54) is 6.08 Å². The maximum absolute atomic E-state index is 13.6. The van der Waals surface area contributed by atoms with Crippen molar-refractivity contribution in [2.75, 3.05) is 11.9 Å². The van der Waals surface area contributed by atoms with Gasteiger partial charge in [-0.25, -0.2) is 0 Å². The van der Waals surface area contributed by atoms with E-state index < -0.39 is 11.1 Å². The van der Waals surface area contributed by atoms with Gasteiger partial charge in [-0.15, -0.1) is 0 Å². The van der Waals surface area contributed by atoms with Crippen LogP contribution in [0.4, 0.5) is 5.82 Å². The first-order valence-electron chi connectivity index (χ1n) is 12.5. The lowest BCUT2D eigenvalue weighted by atomic mass is 9.90. The summed E-state index contributed by atoms with van der Waals surface area (Å²) < 4.78 is 7.48. The van der Waals surface area contributed by atoms with Crippen LogP contribution in [0.2, 0.25) is 5.02 Å². The number of unbranched alkanes of at least 4 members (excludes halogenated alkanes) is 4. The van der Waals surface area contributed by atoms with Gasteiger partial charge in [-0.05, 0) is 39.3 Å². The predicted molar refractivity (Wildman–Crippen MR) is 141 cm³/mol. The van der Waals surface area contributed by atoms with E-state index in [0.717, 1.165) is 32.1 Å². The highest BCUT2D eigenvalue weighted by atomic mass is 35.5. The van der Waals surface area contributed by atoms with Crippen molar-refractivity contribution < 1.29 is 19.4 Å². The average molecular weight is 517 g/mol. The Bertz CT molecular complexity index is 1090. The van der Waals surface area contributed by atoms with Crippen LogP contribution in [-0.2, 0) is 16.1 Å². The van der Waals surface area contributed by atoms with Crippen LogP contribution in [0.1, 0.15) is 66.2 Å². The van der Waals surface area contributed by atoms with Crippen LogP contribution in [0.3, 0.4) is 0 Å². The number of aromatic nitrogens is 2. The molecule has 0 bridgehead atoms. The quantitative estimate of drug-likeness (QED) is 0.358. The molecule has 0 saturated heterocycles. The summed E-state index contributed by atoms with van der Waals surface area (Å²) in [4.78, 5) is 28.2. The van der Waals surface area contributed by atoms with Crippen LogP contribution in [-0.4, -0.2) is 49.3 Å². The lowest BCUT2D eigenvalue weighted by Crippen LogP contribution is -2.56. The number of benzene rings is 1. The Morgan fingerprint density at radius 1 is 1.17 bits per heavy atom. The van der Waals surface area contributed by atoms with Gasteiger partial charge in [0.15, 0.2) is 5.82 Å². The van der Waals surface area contributed by atoms with Crippen LogP contribution in [0.15, 0.2) is 48.4 Å². The van der Waals surface area contributed by atoms with E-state index in [1.54, 1.807) is 66.9 Å². The Morgan fingerprint density at radius 2 is 1.89 bits per heavy atom. The first-order chi connectivity index (χ1) is 17.0. The third-order valence-electron chi connectivity index (χ3n) is 6.23. The third kappa shape index (κ3) is 7.34. The Kier molecular flexibility index (Phi) is 9.19. The van der Waals surface area contributed by atoms with Crippen molar-refractivity contribution in [3.05, 3.63) is 53.4 Å². The van der Waals surface area contributed by atoms with Gasteiger partial charge in [0, 0.05) is 18.3 Å². The van der Waals surface area contributed by atoms with Gasteiger partial charge in [0.25, 0.3) is 11.8 Å². The molecule has 2 aromatic rings. The number of hydrogen-bond acceptors (Lipinski definition) is 5. The molecule has 36 heavy (non-hydrogen) atoms. The van der Waals surface area contributed by atoms with Crippen LogP contribution in [0.5, 0.6) is 5.75 Å². The molecule has 0 spiro atoms. The maximum atomic E-state index is 13.6. The molecule has 3 rings (SSSR count). The van der Waals surface area contributed by atoms with Crippen LogP contribution in [0.25, 0.3) is 0 Å². The summed E-state index contributed by atoms with van der Waals surface area (Å²) in [5, 5.41) is 17.7. The third-order valence-corrected chi connectivity index (χ3v) is 6.54. The number of anilines is 1. The van der Waals surface area contributed by atoms with Crippen LogP contribution in [0, 0.1) is 0 Å². The first kappa shape index (κ1) is 27.7. The minimum atomic E-state index is -1.11. The number of aliphatic hydroxyl groups is 1. The van der Waals surface area contributed by atoms with Gasteiger partial charge in [0.1, 0.15) is 17.0 Å². The molecule has 0 aliphatic carbocycles. The average Bonchev–Trinajstić information content (AvgIpc) is 3.39. The second kappa shape index (κ2) is 11.9. The van der Waals surface area contributed by atoms with E-state index in [9.17, 15) is 14.7 Å². The van der Waals surface area contributed by atoms with Gasteiger partial charge in [-0.1, -0.05) is 62.8 Å². The summed E-state index contributed by atoms with van der Waals surface area (Å²) in [5.74, 6) is 0.673. The highest BCUT2D eigenvalue weighted by molar-refractivity contribution is 6.32. The molecule has 196 valence electrons. The fraction of sp³-hybridized carbons (Fsp3) is 0.519. The minimum absolute atomic E-state index is 0.163. The molecule has 1 atom stereocenters. The Morgan fingerprint density at radius 3 is 2.58 bits per heavy atom. The Hall–Kier alpha value is -2.84. The number of amides is 2. The lowest BCUT2D eigenvalue weighted by Gasteiger charge is -2.37. The monoisotopic (exact) mass is 516 g/mol. The zero-order chi connectivity index (χ0) is 26.3. The summed E-state index contributed by atoms with van der Waals surface area (Å²) in [5.41, 5.74) is -2.04. The molecule has 8 nitrogen and oxygen atoms in total. The second-order valence-electron chi connectivity index (χ2n) is 10.2. The Labute approximate surface area is 218 Å². The topological polar surface area (TPSA) is 96.7 Å². The molecular weight excluding hydrogens is 480 g/mol. The SMILES string of the molecule is CCCCCCCC(C)(C(=O)Nc1ccn(CC(C)(C)O)n1)N1CC(Oc2ccccc2Cl)=CC1=O. The number of carbonyl (C=O) groups is 2. The highest BCUT2D eigenvalue weighted by Gasteiger charge is 2.44. The standard InChI is InChI=1S/C27H37ClN4O4/c1-5-6-7-8-11-15-27(4,25(34)29-23-14-16-31(30-23)19-26(2,3)35)32-18-20(17-24(32)33)36-22-13-10-9-12-21(22)28/h9-10,12-14,16-17,35H,5-8,11,15,18-19H2,1-4H3,(H,29,30,34). The summed E-state index contributed by atoms with van der Waals surface area (Å²) in [6.45, 7) is 7.78. The summed E-state index contributed by atoms with van der Waals surface area (Å²) in [6, 6.07) is 8.75. The van der Waals surface area contributed by atoms with Gasteiger partial charge < -0.3 is 20.1 Å². The van der Waals surface area contributed by atoms with Gasteiger partial charge in [0.05, 0.1) is 23.7 Å². The van der Waals surface area contributed by atoms with Crippen LogP contribution >= 0.6 is 11.6 Å². The fourth-order valence-electron chi connectivity index (χ4n) is 4.25. The van der Waals surface area contributed by atoms with Crippen molar-refractivity contribution in [1.29, 1.82) is 0 Å². The van der Waals surface area contributed by atoms with E-state index in [-0.39, 0.29) is 24.9 Å². The molecule has 0 fully saturated rings. The maximum Gasteiger partial charge on any atom is 0.251 e. The van der Waals surface area contributed by atoms with Gasteiger partial charge in [0.2, 0.25) is 0 Å². The number of ether oxygens (including phenoxy) is 1. The van der Waals surface area contributed by atoms with E-state index in [0.29, 0.717) is 28.8 Å². The number of carbonyl (C=O) groups excluding carboxylic acids is 2. The highest BCUT2D eigenvalue weighted by Crippen LogP contribution is 2.32. The molecular formula is C27H37ClN4O4. The number of nitrogens with one attached hydrogen (secondary N) is 1. The summed E-state index contributed by atoms with van der Waals surface area (Å²) in [6.07, 6.45) is 8.77. The zero-order valence-electron chi connectivity index (χ0n) is 21.6. The second-order valence-corrected chi connectivity index (χ2v) is 10.6. The Balaban J connectivity index is 1.75. The van der Waals surface area contributed by atoms with Crippen molar-refractivity contribution in [2.45, 2.75) is 83.9 Å². The molecule has 1 aliphatic heterocycles. The molecule has 0 saturated carbocycles. The molecule has 2 heterocycles. The molecule has 1 aromatic carbocycles. The molecule has 2 N–H and O–H groups in total. The fourth-order valence-corrected chi connectivity index (χ4v) is 4.43. The van der Waals surface area contributed by atoms with Crippen molar-refractivity contribution >= 4 is 29.2 Å². The molecule has 1 aliphatic rings. The van der Waals surface area contributed by atoms with E-state index in [4.69, 9.17) is 16.3 Å². The van der Waals surface area contributed by atoms with Gasteiger partial charge in [-0.3, -0.25) is 14.3 Å². The van der Waals surface area contributed by atoms with Crippen molar-refractivity contribution in [3.63, 3.8) is 0 Å². The molecule has 1 aromatic heterocycles. The molecule has 9 heteroatoms. The predicted octanol–water partition coefficient (Wildman–Crippen LogP) is 5.17. The largest absolute Gasteiger partial charge is 0.458 e. The molecule has 0 radical (unpaired) electrons. The summed E-state index contributed by atoms with van der Waals surface area (Å²) in [7, 11) is 0. The van der Waals surface area contributed by atoms with Crippen molar-refractivity contribution in [2.24, 2.45) is 0 Å². The van der Waals surface area contributed by atoms with E-state index in [1.807, 2.05) is 0 Å². The zero-order valence-corrected chi connectivity index (χ0v) is 22.3. The number of rotatable bonds is 13. The first-order valence-corrected chi connectivity index (χ1v) is 12.9. The van der Waals surface area contributed by atoms with E-state index in [2.05, 4.69) is 17.3 Å². The van der Waals surface area contributed by atoms with Gasteiger partial charge >= 0.3 is 0 Å². The number of nitrogens with zero attached hydrogens (tertiary/aromatic N) is 3.